The molecular weight excluding hydrogens is 292 g/mol. The zero-order chi connectivity index (χ0) is 16.8. The van der Waals surface area contributed by atoms with Crippen LogP contribution in [0.5, 0.6) is 5.75 Å². The molecule has 2 amide bonds. The second-order valence-electron chi connectivity index (χ2n) is 5.10. The lowest BCUT2D eigenvalue weighted by Gasteiger charge is -2.08. The van der Waals surface area contributed by atoms with Crippen molar-refractivity contribution in [3.63, 3.8) is 0 Å². The molecule has 23 heavy (non-hydrogen) atoms. The van der Waals surface area contributed by atoms with Crippen LogP contribution in [-0.4, -0.2) is 23.9 Å². The van der Waals surface area contributed by atoms with Crippen LogP contribution < -0.4 is 15.5 Å². The first-order chi connectivity index (χ1) is 11.1. The number of rotatable bonds is 5. The van der Waals surface area contributed by atoms with Gasteiger partial charge in [0.1, 0.15) is 5.75 Å². The highest BCUT2D eigenvalue weighted by molar-refractivity contribution is 5.92. The van der Waals surface area contributed by atoms with Crippen molar-refractivity contribution >= 4 is 17.9 Å². The Morgan fingerprint density at radius 2 is 2.09 bits per heavy atom. The smallest absolute Gasteiger partial charge is 0.339 e. The third-order valence-corrected chi connectivity index (χ3v) is 3.65. The molecule has 2 aromatic rings. The standard InChI is InChI=1S/C17H22N4O2/c1-5-21-12(2)10-14(13(21)3)11-18-20-17(22)19-15-8-6-7-9-16(15)23-4/h6-11H,5H2,1-4H3,(H2,19,20,22)/b18-11+. The minimum Gasteiger partial charge on any atom is -0.495 e. The molecule has 0 saturated carbocycles. The summed E-state index contributed by atoms with van der Waals surface area (Å²) in [6.07, 6.45) is 1.65. The van der Waals surface area contributed by atoms with Crippen LogP contribution in [-0.2, 0) is 6.54 Å². The summed E-state index contributed by atoms with van der Waals surface area (Å²) in [5, 5.41) is 6.70. The number of hydrogen-bond donors (Lipinski definition) is 2. The average molecular weight is 314 g/mol. The summed E-state index contributed by atoms with van der Waals surface area (Å²) in [5.41, 5.74) is 6.33. The zero-order valence-corrected chi connectivity index (χ0v) is 13.9. The number of carbonyl (C=O) groups excluding carboxylic acids is 1. The fraction of sp³-hybridized carbons (Fsp3) is 0.294. The van der Waals surface area contributed by atoms with Crippen LogP contribution in [0.2, 0.25) is 0 Å². The lowest BCUT2D eigenvalue weighted by atomic mass is 10.3. The molecule has 1 aromatic carbocycles. The molecule has 0 aliphatic carbocycles. The van der Waals surface area contributed by atoms with Crippen molar-refractivity contribution < 1.29 is 9.53 Å². The number of ether oxygens (including phenoxy) is 1. The Balaban J connectivity index is 1.99. The molecule has 0 fully saturated rings. The molecular formula is C17H22N4O2. The quantitative estimate of drug-likeness (QED) is 0.657. The van der Waals surface area contributed by atoms with Gasteiger partial charge < -0.3 is 14.6 Å². The van der Waals surface area contributed by atoms with Gasteiger partial charge in [-0.3, -0.25) is 0 Å². The Labute approximate surface area is 136 Å². The first kappa shape index (κ1) is 16.6. The topological polar surface area (TPSA) is 67.7 Å². The number of urea groups is 1. The van der Waals surface area contributed by atoms with Gasteiger partial charge in [0.25, 0.3) is 0 Å². The highest BCUT2D eigenvalue weighted by atomic mass is 16.5. The van der Waals surface area contributed by atoms with Gasteiger partial charge in [0.05, 0.1) is 19.0 Å². The number of methoxy groups -OCH3 is 1. The molecule has 2 N–H and O–H groups in total. The van der Waals surface area contributed by atoms with Gasteiger partial charge in [0.2, 0.25) is 0 Å². The monoisotopic (exact) mass is 314 g/mol. The highest BCUT2D eigenvalue weighted by Crippen LogP contribution is 2.22. The molecule has 6 nitrogen and oxygen atoms in total. The van der Waals surface area contributed by atoms with Crippen LogP contribution >= 0.6 is 0 Å². The number of amides is 2. The third kappa shape index (κ3) is 3.91. The Morgan fingerprint density at radius 3 is 2.74 bits per heavy atom. The van der Waals surface area contributed by atoms with Crippen LogP contribution in [0.1, 0.15) is 23.9 Å². The summed E-state index contributed by atoms with van der Waals surface area (Å²) in [6, 6.07) is 8.82. The van der Waals surface area contributed by atoms with E-state index < -0.39 is 6.03 Å². The average Bonchev–Trinajstić information content (AvgIpc) is 2.81. The van der Waals surface area contributed by atoms with Crippen LogP contribution in [0, 0.1) is 13.8 Å². The van der Waals surface area contributed by atoms with E-state index in [1.165, 1.54) is 5.69 Å². The Morgan fingerprint density at radius 1 is 1.35 bits per heavy atom. The molecule has 0 radical (unpaired) electrons. The number of hydrogen-bond acceptors (Lipinski definition) is 3. The number of aromatic nitrogens is 1. The van der Waals surface area contributed by atoms with E-state index in [1.54, 1.807) is 25.5 Å². The lowest BCUT2D eigenvalue weighted by molar-refractivity contribution is 0.252. The molecule has 0 unspecified atom stereocenters. The van der Waals surface area contributed by atoms with Gasteiger partial charge in [-0.1, -0.05) is 12.1 Å². The van der Waals surface area contributed by atoms with E-state index in [-0.39, 0.29) is 0 Å². The van der Waals surface area contributed by atoms with E-state index in [1.807, 2.05) is 25.1 Å². The first-order valence-electron chi connectivity index (χ1n) is 7.46. The molecule has 122 valence electrons. The number of nitrogens with one attached hydrogen (secondary N) is 2. The van der Waals surface area contributed by atoms with Crippen LogP contribution in [0.4, 0.5) is 10.5 Å². The highest BCUT2D eigenvalue weighted by Gasteiger charge is 2.07. The molecule has 0 bridgehead atoms. The van der Waals surface area contributed by atoms with Crippen molar-refractivity contribution in [2.75, 3.05) is 12.4 Å². The second kappa shape index (κ2) is 7.49. The van der Waals surface area contributed by atoms with Gasteiger partial charge in [-0.2, -0.15) is 5.10 Å². The number of hydrazone groups is 1. The Bertz CT molecular complexity index is 719. The van der Waals surface area contributed by atoms with Crippen molar-refractivity contribution in [3.05, 3.63) is 47.3 Å². The van der Waals surface area contributed by atoms with Gasteiger partial charge in [-0.25, -0.2) is 10.2 Å². The number of para-hydroxylation sites is 2. The molecule has 1 aromatic heterocycles. The fourth-order valence-electron chi connectivity index (χ4n) is 2.50. The van der Waals surface area contributed by atoms with Crippen molar-refractivity contribution in [1.82, 2.24) is 9.99 Å². The van der Waals surface area contributed by atoms with Crippen molar-refractivity contribution in [2.45, 2.75) is 27.3 Å². The third-order valence-electron chi connectivity index (χ3n) is 3.65. The largest absolute Gasteiger partial charge is 0.495 e. The minimum atomic E-state index is -0.421. The van der Waals surface area contributed by atoms with E-state index in [2.05, 4.69) is 34.3 Å². The van der Waals surface area contributed by atoms with Gasteiger partial charge >= 0.3 is 6.03 Å². The minimum absolute atomic E-state index is 0.421. The summed E-state index contributed by atoms with van der Waals surface area (Å²) in [7, 11) is 1.56. The summed E-state index contributed by atoms with van der Waals surface area (Å²) in [6.45, 7) is 7.09. The van der Waals surface area contributed by atoms with Gasteiger partial charge in [-0.05, 0) is 39.0 Å². The maximum absolute atomic E-state index is 11.9. The number of anilines is 1. The normalized spacial score (nSPS) is 10.8. The predicted octanol–water partition coefficient (Wildman–Crippen LogP) is 3.29. The molecule has 0 aliphatic heterocycles. The summed E-state index contributed by atoms with van der Waals surface area (Å²) < 4.78 is 7.37. The molecule has 2 rings (SSSR count). The van der Waals surface area contributed by atoms with Crippen LogP contribution in [0.25, 0.3) is 0 Å². The SMILES string of the molecule is CCn1c(C)cc(/C=N/NC(=O)Nc2ccccc2OC)c1C. The predicted molar refractivity (Wildman–Crippen MR) is 92.3 cm³/mol. The van der Waals surface area contributed by atoms with Gasteiger partial charge in [-0.15, -0.1) is 0 Å². The fourth-order valence-corrected chi connectivity index (χ4v) is 2.50. The molecule has 0 saturated heterocycles. The van der Waals surface area contributed by atoms with E-state index in [4.69, 9.17) is 4.74 Å². The number of benzene rings is 1. The molecule has 0 aliphatic rings. The van der Waals surface area contributed by atoms with E-state index in [0.717, 1.165) is 17.8 Å². The maximum atomic E-state index is 11.9. The van der Waals surface area contributed by atoms with Crippen molar-refractivity contribution in [1.29, 1.82) is 0 Å². The lowest BCUT2D eigenvalue weighted by Crippen LogP contribution is -2.24. The van der Waals surface area contributed by atoms with Crippen molar-refractivity contribution in [3.8, 4) is 5.75 Å². The molecule has 0 atom stereocenters. The molecule has 0 spiro atoms. The first-order valence-corrected chi connectivity index (χ1v) is 7.46. The second-order valence-corrected chi connectivity index (χ2v) is 5.10. The van der Waals surface area contributed by atoms with Crippen LogP contribution in [0.3, 0.4) is 0 Å². The summed E-state index contributed by atoms with van der Waals surface area (Å²) in [4.78, 5) is 11.9. The van der Waals surface area contributed by atoms with Crippen LogP contribution in [0.15, 0.2) is 35.4 Å². The molecule has 1 heterocycles. The van der Waals surface area contributed by atoms with E-state index in [0.29, 0.717) is 11.4 Å². The Kier molecular flexibility index (Phi) is 5.41. The number of carbonyl (C=O) groups is 1. The summed E-state index contributed by atoms with van der Waals surface area (Å²) in [5.74, 6) is 0.595. The number of aryl methyl sites for hydroxylation is 1. The number of nitrogens with zero attached hydrogens (tertiary/aromatic N) is 2. The van der Waals surface area contributed by atoms with Gasteiger partial charge in [0.15, 0.2) is 0 Å². The van der Waals surface area contributed by atoms with Crippen molar-refractivity contribution in [2.24, 2.45) is 5.10 Å². The zero-order valence-electron chi connectivity index (χ0n) is 13.9. The van der Waals surface area contributed by atoms with E-state index in [9.17, 15) is 4.79 Å². The van der Waals surface area contributed by atoms with Gasteiger partial charge in [0, 0.05) is 23.5 Å². The molecule has 6 heteroatoms. The summed E-state index contributed by atoms with van der Waals surface area (Å²) >= 11 is 0. The Hall–Kier alpha value is -2.76. The maximum Gasteiger partial charge on any atom is 0.339 e. The van der Waals surface area contributed by atoms with E-state index >= 15 is 0 Å².